The molecule has 0 heterocycles. The van der Waals surface area contributed by atoms with Gasteiger partial charge in [0.15, 0.2) is 11.1 Å². The van der Waals surface area contributed by atoms with Gasteiger partial charge in [-0.1, -0.05) is 6.58 Å². The summed E-state index contributed by atoms with van der Waals surface area (Å²) >= 11 is -2.08. The van der Waals surface area contributed by atoms with Crippen LogP contribution in [0.4, 0.5) is 0 Å². The summed E-state index contributed by atoms with van der Waals surface area (Å²) in [6.45, 7) is 2.83. The zero-order valence-electron chi connectivity index (χ0n) is 6.36. The van der Waals surface area contributed by atoms with Crippen molar-refractivity contribution in [2.75, 3.05) is 19.0 Å². The Hall–Kier alpha value is -0.720. The van der Waals surface area contributed by atoms with Crippen LogP contribution in [-0.4, -0.2) is 38.8 Å². The molecular formula is C6H10O5S. The van der Waals surface area contributed by atoms with Crippen LogP contribution in [0.1, 0.15) is 0 Å². The van der Waals surface area contributed by atoms with Crippen LogP contribution in [0.15, 0.2) is 12.2 Å². The third-order valence-corrected chi connectivity index (χ3v) is 1.51. The van der Waals surface area contributed by atoms with Crippen molar-refractivity contribution in [3.05, 3.63) is 12.2 Å². The number of hydrogen-bond donors (Lipinski definition) is 2. The Bertz CT molecular complexity index is 200. The number of rotatable bonds is 5. The summed E-state index contributed by atoms with van der Waals surface area (Å²) in [6.07, 6.45) is 0. The van der Waals surface area contributed by atoms with E-state index in [9.17, 15) is 9.00 Å². The molecule has 70 valence electrons. The summed E-state index contributed by atoms with van der Waals surface area (Å²) in [5, 5.41) is 8.26. The molecule has 0 aliphatic heterocycles. The summed E-state index contributed by atoms with van der Waals surface area (Å²) in [5.41, 5.74) is -0.0794. The molecule has 0 radical (unpaired) electrons. The minimum atomic E-state index is -2.08. The van der Waals surface area contributed by atoms with Crippen LogP contribution in [0.25, 0.3) is 0 Å². The molecule has 12 heavy (non-hydrogen) atoms. The predicted molar refractivity (Wildman–Crippen MR) is 42.8 cm³/mol. The van der Waals surface area contributed by atoms with E-state index in [0.717, 1.165) is 0 Å². The second kappa shape index (κ2) is 5.87. The lowest BCUT2D eigenvalue weighted by atomic mass is 10.4. The van der Waals surface area contributed by atoms with Gasteiger partial charge in [-0.15, -0.1) is 0 Å². The van der Waals surface area contributed by atoms with Crippen LogP contribution in [0.5, 0.6) is 0 Å². The van der Waals surface area contributed by atoms with Crippen LogP contribution < -0.4 is 0 Å². The van der Waals surface area contributed by atoms with Crippen LogP contribution in [0.2, 0.25) is 0 Å². The third kappa shape index (κ3) is 5.00. The molecule has 0 aliphatic carbocycles. The highest BCUT2D eigenvalue weighted by atomic mass is 32.2. The Morgan fingerprint density at radius 2 is 2.17 bits per heavy atom. The second-order valence-corrected chi connectivity index (χ2v) is 2.86. The molecule has 0 fully saturated rings. The average Bonchev–Trinajstić information content (AvgIpc) is 1.98. The topological polar surface area (TPSA) is 83.8 Å². The van der Waals surface area contributed by atoms with Crippen LogP contribution in [0.3, 0.4) is 0 Å². The van der Waals surface area contributed by atoms with E-state index in [1.54, 1.807) is 0 Å². The van der Waals surface area contributed by atoms with Gasteiger partial charge in [0.25, 0.3) is 0 Å². The minimum absolute atomic E-state index is 0.0794. The van der Waals surface area contributed by atoms with E-state index in [4.69, 9.17) is 9.66 Å². The predicted octanol–water partition coefficient (Wildman–Crippen LogP) is -0.700. The van der Waals surface area contributed by atoms with Crippen LogP contribution in [0, 0.1) is 0 Å². The smallest absolute Gasteiger partial charge is 0.334 e. The van der Waals surface area contributed by atoms with Gasteiger partial charge in [0, 0.05) is 5.57 Å². The monoisotopic (exact) mass is 194 g/mol. The van der Waals surface area contributed by atoms with E-state index in [1.165, 1.54) is 0 Å². The lowest BCUT2D eigenvalue weighted by Crippen LogP contribution is -2.14. The van der Waals surface area contributed by atoms with E-state index in [2.05, 4.69) is 11.3 Å². The van der Waals surface area contributed by atoms with Crippen LogP contribution >= 0.6 is 0 Å². The van der Waals surface area contributed by atoms with Crippen molar-refractivity contribution in [2.24, 2.45) is 0 Å². The normalized spacial score (nSPS) is 12.2. The molecule has 0 aromatic heterocycles. The molecular weight excluding hydrogens is 184 g/mol. The van der Waals surface area contributed by atoms with Gasteiger partial charge < -0.3 is 14.4 Å². The second-order valence-electron chi connectivity index (χ2n) is 1.93. The first kappa shape index (κ1) is 11.3. The average molecular weight is 194 g/mol. The molecule has 0 aliphatic rings. The maximum absolute atomic E-state index is 10.8. The number of esters is 1. The molecule has 0 saturated heterocycles. The maximum Gasteiger partial charge on any atom is 0.334 e. The molecule has 0 bridgehead atoms. The van der Waals surface area contributed by atoms with Gasteiger partial charge in [-0.2, -0.15) is 0 Å². The standard InChI is InChI=1S/C6H10O5S/c1-5(4-12(9)10)6(8)11-3-2-7/h7H,1-4H2,(H,9,10). The summed E-state index contributed by atoms with van der Waals surface area (Å²) in [5.74, 6) is -1.09. The molecule has 0 aromatic carbocycles. The molecule has 0 spiro atoms. The van der Waals surface area contributed by atoms with Gasteiger partial charge in [-0.3, -0.25) is 0 Å². The van der Waals surface area contributed by atoms with Gasteiger partial charge in [0.2, 0.25) is 0 Å². The summed E-state index contributed by atoms with van der Waals surface area (Å²) in [6, 6.07) is 0. The van der Waals surface area contributed by atoms with Gasteiger partial charge in [0.1, 0.15) is 6.61 Å². The molecule has 1 unspecified atom stereocenters. The first-order valence-corrected chi connectivity index (χ1v) is 4.38. The quantitative estimate of drug-likeness (QED) is 0.343. The Balaban J connectivity index is 3.77. The summed E-state index contributed by atoms with van der Waals surface area (Å²) in [7, 11) is 0. The number of aliphatic hydroxyl groups excluding tert-OH is 1. The van der Waals surface area contributed by atoms with Crippen molar-refractivity contribution in [1.82, 2.24) is 0 Å². The first-order chi connectivity index (χ1) is 5.57. The fourth-order valence-electron chi connectivity index (χ4n) is 0.448. The number of carbonyl (C=O) groups excluding carboxylic acids is 1. The van der Waals surface area contributed by atoms with Crippen molar-refractivity contribution >= 4 is 17.0 Å². The number of hydrogen-bond acceptors (Lipinski definition) is 4. The lowest BCUT2D eigenvalue weighted by Gasteiger charge is -2.02. The highest BCUT2D eigenvalue weighted by Crippen LogP contribution is 1.96. The zero-order valence-corrected chi connectivity index (χ0v) is 7.17. The highest BCUT2D eigenvalue weighted by Gasteiger charge is 2.10. The van der Waals surface area contributed by atoms with Crippen molar-refractivity contribution in [2.45, 2.75) is 0 Å². The summed E-state index contributed by atoms with van der Waals surface area (Å²) in [4.78, 5) is 10.8. The summed E-state index contributed by atoms with van der Waals surface area (Å²) < 4.78 is 23.0. The molecule has 0 aromatic rings. The van der Waals surface area contributed by atoms with Gasteiger partial charge in [0.05, 0.1) is 12.4 Å². The van der Waals surface area contributed by atoms with Crippen molar-refractivity contribution in [3.63, 3.8) is 0 Å². The Labute approximate surface area is 72.3 Å². The largest absolute Gasteiger partial charge is 0.460 e. The molecule has 5 nitrogen and oxygen atoms in total. The molecule has 2 N–H and O–H groups in total. The third-order valence-electron chi connectivity index (χ3n) is 0.911. The van der Waals surface area contributed by atoms with Gasteiger partial charge in [-0.05, 0) is 0 Å². The van der Waals surface area contributed by atoms with E-state index >= 15 is 0 Å². The molecule has 0 saturated carbocycles. The van der Waals surface area contributed by atoms with Crippen LogP contribution in [-0.2, 0) is 20.6 Å². The Morgan fingerprint density at radius 3 is 2.58 bits per heavy atom. The van der Waals surface area contributed by atoms with Crippen molar-refractivity contribution in [1.29, 1.82) is 0 Å². The Morgan fingerprint density at radius 1 is 1.58 bits per heavy atom. The van der Waals surface area contributed by atoms with E-state index in [1.807, 2.05) is 0 Å². The van der Waals surface area contributed by atoms with E-state index in [-0.39, 0.29) is 24.5 Å². The van der Waals surface area contributed by atoms with E-state index in [0.29, 0.717) is 0 Å². The SMILES string of the molecule is C=C(CS(=O)O)C(=O)OCCO. The first-order valence-electron chi connectivity index (χ1n) is 3.11. The van der Waals surface area contributed by atoms with Gasteiger partial charge in [-0.25, -0.2) is 9.00 Å². The van der Waals surface area contributed by atoms with Gasteiger partial charge >= 0.3 is 5.97 Å². The number of ether oxygens (including phenoxy) is 1. The number of aliphatic hydroxyl groups is 1. The fourth-order valence-corrected chi connectivity index (χ4v) is 0.864. The maximum atomic E-state index is 10.8. The molecule has 6 heteroatoms. The van der Waals surface area contributed by atoms with Crippen molar-refractivity contribution in [3.8, 4) is 0 Å². The highest BCUT2D eigenvalue weighted by molar-refractivity contribution is 7.79. The Kier molecular flexibility index (Phi) is 5.52. The minimum Gasteiger partial charge on any atom is -0.460 e. The molecule has 0 rings (SSSR count). The molecule has 0 amide bonds. The molecule has 1 atom stereocenters. The lowest BCUT2D eigenvalue weighted by molar-refractivity contribution is -0.139. The zero-order chi connectivity index (χ0) is 9.56. The van der Waals surface area contributed by atoms with Crippen molar-refractivity contribution < 1.29 is 23.4 Å². The number of carbonyl (C=O) groups is 1. The van der Waals surface area contributed by atoms with E-state index < -0.39 is 17.0 Å². The fraction of sp³-hybridized carbons (Fsp3) is 0.500.